The van der Waals surface area contributed by atoms with Gasteiger partial charge in [0.2, 0.25) is 0 Å². The molecule has 0 heterocycles. The molecule has 1 rings (SSSR count). The first kappa shape index (κ1) is 16.0. The first-order valence-corrected chi connectivity index (χ1v) is 8.07. The minimum atomic E-state index is 0.290. The predicted octanol–water partition coefficient (Wildman–Crippen LogP) is 3.65. The van der Waals surface area contributed by atoms with E-state index < -0.39 is 0 Å². The van der Waals surface area contributed by atoms with E-state index >= 15 is 0 Å². The van der Waals surface area contributed by atoms with Gasteiger partial charge in [0, 0.05) is 12.1 Å². The molecular formula is C16H34N2. The molecule has 2 N–H and O–H groups in total. The van der Waals surface area contributed by atoms with Crippen LogP contribution < -0.4 is 5.73 Å². The van der Waals surface area contributed by atoms with Crippen LogP contribution in [-0.2, 0) is 0 Å². The van der Waals surface area contributed by atoms with Crippen molar-refractivity contribution in [3.05, 3.63) is 0 Å². The summed E-state index contributed by atoms with van der Waals surface area (Å²) in [5.74, 6) is 1.54. The lowest BCUT2D eigenvalue weighted by Crippen LogP contribution is -2.61. The van der Waals surface area contributed by atoms with E-state index in [1.165, 1.54) is 51.6 Å². The van der Waals surface area contributed by atoms with E-state index in [1.807, 2.05) is 0 Å². The summed E-state index contributed by atoms with van der Waals surface area (Å²) in [6.07, 6.45) is 7.94. The van der Waals surface area contributed by atoms with Gasteiger partial charge in [-0.2, -0.15) is 0 Å². The second-order valence-electron chi connectivity index (χ2n) is 6.39. The molecule has 18 heavy (non-hydrogen) atoms. The molecule has 0 aromatic carbocycles. The van der Waals surface area contributed by atoms with Crippen LogP contribution in [-0.4, -0.2) is 30.1 Å². The molecule has 2 unspecified atom stereocenters. The zero-order valence-corrected chi connectivity index (χ0v) is 13.0. The van der Waals surface area contributed by atoms with Crippen LogP contribution in [0.4, 0.5) is 0 Å². The summed E-state index contributed by atoms with van der Waals surface area (Å²) in [6, 6.07) is 0. The number of rotatable bonds is 7. The van der Waals surface area contributed by atoms with E-state index in [0.29, 0.717) is 5.54 Å². The molecule has 0 aromatic heterocycles. The van der Waals surface area contributed by atoms with E-state index in [-0.39, 0.29) is 0 Å². The third-order valence-corrected chi connectivity index (χ3v) is 4.84. The molecule has 0 radical (unpaired) electrons. The maximum Gasteiger partial charge on any atom is 0.0362 e. The summed E-state index contributed by atoms with van der Waals surface area (Å²) < 4.78 is 0. The molecule has 2 atom stereocenters. The molecule has 0 bridgehead atoms. The Bertz CT molecular complexity index is 221. The Hall–Kier alpha value is -0.0800. The van der Waals surface area contributed by atoms with E-state index in [0.717, 1.165) is 18.4 Å². The fourth-order valence-corrected chi connectivity index (χ4v) is 4.08. The zero-order chi connectivity index (χ0) is 13.6. The molecule has 0 spiro atoms. The van der Waals surface area contributed by atoms with Gasteiger partial charge in [-0.3, -0.25) is 4.90 Å². The van der Waals surface area contributed by atoms with E-state index in [2.05, 4.69) is 32.6 Å². The van der Waals surface area contributed by atoms with Crippen LogP contribution in [0.15, 0.2) is 0 Å². The maximum atomic E-state index is 6.29. The first-order chi connectivity index (χ1) is 8.62. The van der Waals surface area contributed by atoms with Crippen molar-refractivity contribution in [2.75, 3.05) is 19.6 Å². The van der Waals surface area contributed by atoms with Gasteiger partial charge in [0.15, 0.2) is 0 Å². The molecule has 1 fully saturated rings. The topological polar surface area (TPSA) is 29.3 Å². The minimum Gasteiger partial charge on any atom is -0.329 e. The normalized spacial score (nSPS) is 29.2. The Morgan fingerprint density at radius 3 is 2.22 bits per heavy atom. The summed E-state index contributed by atoms with van der Waals surface area (Å²) in [5, 5.41) is 0. The maximum absolute atomic E-state index is 6.29. The highest BCUT2D eigenvalue weighted by atomic mass is 15.2. The number of hydrogen-bond donors (Lipinski definition) is 1. The van der Waals surface area contributed by atoms with Crippen molar-refractivity contribution < 1.29 is 0 Å². The fraction of sp³-hybridized carbons (Fsp3) is 1.00. The quantitative estimate of drug-likeness (QED) is 0.751. The lowest BCUT2D eigenvalue weighted by Gasteiger charge is -2.53. The summed E-state index contributed by atoms with van der Waals surface area (Å²) in [5.41, 5.74) is 6.58. The SMILES string of the molecule is CCCN(CCC)C1(CN)CCCCC1C(C)C. The van der Waals surface area contributed by atoms with Gasteiger partial charge >= 0.3 is 0 Å². The van der Waals surface area contributed by atoms with Gasteiger partial charge in [-0.25, -0.2) is 0 Å². The summed E-state index contributed by atoms with van der Waals surface area (Å²) in [4.78, 5) is 2.73. The lowest BCUT2D eigenvalue weighted by atomic mass is 9.66. The van der Waals surface area contributed by atoms with Crippen LogP contribution in [0.5, 0.6) is 0 Å². The van der Waals surface area contributed by atoms with Crippen LogP contribution in [0.1, 0.15) is 66.2 Å². The Balaban J connectivity index is 2.95. The van der Waals surface area contributed by atoms with Crippen molar-refractivity contribution in [1.82, 2.24) is 4.90 Å². The highest BCUT2D eigenvalue weighted by molar-refractivity contribution is 5.00. The second kappa shape index (κ2) is 7.49. The molecule has 1 saturated carbocycles. The molecule has 1 aliphatic carbocycles. The van der Waals surface area contributed by atoms with Gasteiger partial charge in [-0.1, -0.05) is 40.5 Å². The van der Waals surface area contributed by atoms with Crippen molar-refractivity contribution >= 4 is 0 Å². The average molecular weight is 254 g/mol. The van der Waals surface area contributed by atoms with E-state index in [4.69, 9.17) is 5.73 Å². The van der Waals surface area contributed by atoms with Crippen LogP contribution in [0, 0.1) is 11.8 Å². The smallest absolute Gasteiger partial charge is 0.0362 e. The largest absolute Gasteiger partial charge is 0.329 e. The molecule has 1 aliphatic rings. The molecule has 108 valence electrons. The van der Waals surface area contributed by atoms with Gasteiger partial charge in [-0.05, 0) is 50.6 Å². The highest BCUT2D eigenvalue weighted by Gasteiger charge is 2.44. The Morgan fingerprint density at radius 1 is 1.17 bits per heavy atom. The number of hydrogen-bond acceptors (Lipinski definition) is 2. The van der Waals surface area contributed by atoms with Crippen LogP contribution >= 0.6 is 0 Å². The van der Waals surface area contributed by atoms with Crippen LogP contribution in [0.25, 0.3) is 0 Å². The predicted molar refractivity (Wildman–Crippen MR) is 80.7 cm³/mol. The minimum absolute atomic E-state index is 0.290. The van der Waals surface area contributed by atoms with Crippen LogP contribution in [0.2, 0.25) is 0 Å². The number of nitrogens with zero attached hydrogens (tertiary/aromatic N) is 1. The van der Waals surface area contributed by atoms with Gasteiger partial charge in [0.1, 0.15) is 0 Å². The lowest BCUT2D eigenvalue weighted by molar-refractivity contribution is -0.0140. The number of nitrogens with two attached hydrogens (primary N) is 1. The van der Waals surface area contributed by atoms with E-state index in [9.17, 15) is 0 Å². The van der Waals surface area contributed by atoms with Crippen molar-refractivity contribution in [2.24, 2.45) is 17.6 Å². The monoisotopic (exact) mass is 254 g/mol. The fourth-order valence-electron chi connectivity index (χ4n) is 4.08. The molecular weight excluding hydrogens is 220 g/mol. The molecule has 0 aliphatic heterocycles. The first-order valence-electron chi connectivity index (χ1n) is 8.07. The van der Waals surface area contributed by atoms with Crippen LogP contribution in [0.3, 0.4) is 0 Å². The Labute approximate surface area is 114 Å². The Kier molecular flexibility index (Phi) is 6.65. The third-order valence-electron chi connectivity index (χ3n) is 4.84. The van der Waals surface area contributed by atoms with Crippen molar-refractivity contribution in [3.63, 3.8) is 0 Å². The molecule has 0 aromatic rings. The highest BCUT2D eigenvalue weighted by Crippen LogP contribution is 2.42. The van der Waals surface area contributed by atoms with Gasteiger partial charge in [-0.15, -0.1) is 0 Å². The van der Waals surface area contributed by atoms with Gasteiger partial charge < -0.3 is 5.73 Å². The van der Waals surface area contributed by atoms with Crippen molar-refractivity contribution in [3.8, 4) is 0 Å². The molecule has 0 saturated heterocycles. The Morgan fingerprint density at radius 2 is 1.78 bits per heavy atom. The summed E-state index contributed by atoms with van der Waals surface area (Å²) in [6.45, 7) is 12.6. The van der Waals surface area contributed by atoms with E-state index in [1.54, 1.807) is 0 Å². The third kappa shape index (κ3) is 3.27. The summed E-state index contributed by atoms with van der Waals surface area (Å²) >= 11 is 0. The molecule has 2 nitrogen and oxygen atoms in total. The zero-order valence-electron chi connectivity index (χ0n) is 13.0. The second-order valence-corrected chi connectivity index (χ2v) is 6.39. The van der Waals surface area contributed by atoms with Crippen molar-refractivity contribution in [1.29, 1.82) is 0 Å². The average Bonchev–Trinajstić information content (AvgIpc) is 2.38. The molecule has 0 amide bonds. The van der Waals surface area contributed by atoms with Crippen molar-refractivity contribution in [2.45, 2.75) is 71.8 Å². The van der Waals surface area contributed by atoms with Gasteiger partial charge in [0.05, 0.1) is 0 Å². The summed E-state index contributed by atoms with van der Waals surface area (Å²) in [7, 11) is 0. The molecule has 2 heteroatoms. The van der Waals surface area contributed by atoms with Gasteiger partial charge in [0.25, 0.3) is 0 Å². The standard InChI is InChI=1S/C16H34N2/c1-5-11-18(12-6-2)16(13-17)10-8-7-9-15(16)14(3)4/h14-15H,5-13,17H2,1-4H3.